The summed E-state index contributed by atoms with van der Waals surface area (Å²) in [5.74, 6) is 0.113. The highest BCUT2D eigenvalue weighted by Gasteiger charge is 2.36. The van der Waals surface area contributed by atoms with E-state index in [2.05, 4.69) is 5.32 Å². The predicted molar refractivity (Wildman–Crippen MR) is 93.1 cm³/mol. The van der Waals surface area contributed by atoms with Crippen molar-refractivity contribution in [3.05, 3.63) is 28.8 Å². The van der Waals surface area contributed by atoms with E-state index in [1.54, 1.807) is 4.90 Å². The Bertz CT molecular complexity index is 672. The lowest BCUT2D eigenvalue weighted by atomic mass is 10.1. The lowest BCUT2D eigenvalue weighted by Gasteiger charge is -2.38. The summed E-state index contributed by atoms with van der Waals surface area (Å²) in [5, 5.41) is 3.95. The van der Waals surface area contributed by atoms with Crippen molar-refractivity contribution in [3.8, 4) is 0 Å². The summed E-state index contributed by atoms with van der Waals surface area (Å²) in [7, 11) is 0. The maximum absolute atomic E-state index is 12.8. The molecule has 5 nitrogen and oxygen atoms in total. The monoisotopic (exact) mass is 347 g/mol. The molecule has 2 amide bonds. The van der Waals surface area contributed by atoms with Crippen molar-refractivity contribution in [2.24, 2.45) is 0 Å². The summed E-state index contributed by atoms with van der Waals surface area (Å²) in [6, 6.07) is 5.74. The molecule has 0 radical (unpaired) electrons. The van der Waals surface area contributed by atoms with E-state index in [0.717, 1.165) is 24.1 Å². The number of carbonyl (C=O) groups is 2. The number of carbonyl (C=O) groups excluding carboxylic acids is 2. The van der Waals surface area contributed by atoms with E-state index >= 15 is 0 Å². The van der Waals surface area contributed by atoms with E-state index in [-0.39, 0.29) is 24.4 Å². The molecule has 24 heavy (non-hydrogen) atoms. The average molecular weight is 348 g/mol. The Morgan fingerprint density at radius 1 is 1.21 bits per heavy atom. The zero-order valence-corrected chi connectivity index (χ0v) is 14.4. The van der Waals surface area contributed by atoms with E-state index in [9.17, 15) is 9.59 Å². The summed E-state index contributed by atoms with van der Waals surface area (Å²) >= 11 is 6.02. The Labute approximate surface area is 146 Å². The summed E-state index contributed by atoms with van der Waals surface area (Å²) in [5.41, 5.74) is 2.03. The fourth-order valence-electron chi connectivity index (χ4n) is 4.18. The molecule has 6 heteroatoms. The molecule has 2 fully saturated rings. The minimum Gasteiger partial charge on any atom is -0.373 e. The number of halogens is 1. The Morgan fingerprint density at radius 2 is 2.00 bits per heavy atom. The van der Waals surface area contributed by atoms with Crippen molar-refractivity contribution in [2.75, 3.05) is 25.0 Å². The smallest absolute Gasteiger partial charge is 0.245 e. The minimum absolute atomic E-state index is 0.0155. The van der Waals surface area contributed by atoms with Gasteiger partial charge in [0.2, 0.25) is 11.8 Å². The zero-order chi connectivity index (χ0) is 16.7. The van der Waals surface area contributed by atoms with Crippen LogP contribution >= 0.6 is 11.6 Å². The molecule has 1 aromatic rings. The van der Waals surface area contributed by atoms with Crippen LogP contribution in [0.2, 0.25) is 5.02 Å². The Hall–Kier alpha value is -1.75. The molecule has 2 heterocycles. The highest BCUT2D eigenvalue weighted by Crippen LogP contribution is 2.30. The van der Waals surface area contributed by atoms with Crippen LogP contribution in [-0.4, -0.2) is 53.3 Å². The first-order valence-corrected chi connectivity index (χ1v) is 9.13. The number of piperazine rings is 1. The number of nitrogens with zero attached hydrogens (tertiary/aromatic N) is 2. The Kier molecular flexibility index (Phi) is 4.12. The van der Waals surface area contributed by atoms with Crippen molar-refractivity contribution < 1.29 is 9.59 Å². The number of rotatable bonds is 2. The summed E-state index contributed by atoms with van der Waals surface area (Å²) in [4.78, 5) is 29.0. The van der Waals surface area contributed by atoms with E-state index < -0.39 is 0 Å². The zero-order valence-electron chi connectivity index (χ0n) is 13.6. The number of hydrogen-bond donors (Lipinski definition) is 1. The van der Waals surface area contributed by atoms with Crippen LogP contribution in [0.3, 0.4) is 0 Å². The molecule has 0 aromatic heterocycles. The van der Waals surface area contributed by atoms with Gasteiger partial charge in [-0.3, -0.25) is 9.59 Å². The van der Waals surface area contributed by atoms with Crippen LogP contribution in [0.1, 0.15) is 31.2 Å². The third kappa shape index (κ3) is 2.86. The topological polar surface area (TPSA) is 52.7 Å². The molecular weight excluding hydrogens is 326 g/mol. The van der Waals surface area contributed by atoms with Gasteiger partial charge in [0, 0.05) is 36.3 Å². The van der Waals surface area contributed by atoms with Crippen LogP contribution in [0.15, 0.2) is 18.2 Å². The van der Waals surface area contributed by atoms with Crippen molar-refractivity contribution >= 4 is 29.1 Å². The van der Waals surface area contributed by atoms with Gasteiger partial charge in [0.25, 0.3) is 0 Å². The van der Waals surface area contributed by atoms with Gasteiger partial charge in [-0.15, -0.1) is 0 Å². The fraction of sp³-hybridized carbons (Fsp3) is 0.556. The molecule has 0 unspecified atom stereocenters. The predicted octanol–water partition coefficient (Wildman–Crippen LogP) is 2.29. The third-order valence-electron chi connectivity index (χ3n) is 5.45. The van der Waals surface area contributed by atoms with Gasteiger partial charge in [-0.1, -0.05) is 24.4 Å². The molecule has 1 saturated heterocycles. The van der Waals surface area contributed by atoms with E-state index in [1.807, 2.05) is 23.1 Å². The SMILES string of the molecule is O=C([C@@H]1Cc2cc(Cl)ccc2N1)N1CCN(C2CCCC2)C(=O)C1. The number of anilines is 1. The summed E-state index contributed by atoms with van der Waals surface area (Å²) in [6.07, 6.45) is 5.28. The molecule has 1 aliphatic carbocycles. The van der Waals surface area contributed by atoms with Crippen molar-refractivity contribution in [1.29, 1.82) is 0 Å². The van der Waals surface area contributed by atoms with Crippen molar-refractivity contribution in [1.82, 2.24) is 9.80 Å². The molecule has 0 bridgehead atoms. The summed E-state index contributed by atoms with van der Waals surface area (Å²) < 4.78 is 0. The van der Waals surface area contributed by atoms with Crippen LogP contribution in [0, 0.1) is 0 Å². The van der Waals surface area contributed by atoms with Gasteiger partial charge in [-0.2, -0.15) is 0 Å². The maximum atomic E-state index is 12.8. The highest BCUT2D eigenvalue weighted by atomic mass is 35.5. The number of benzene rings is 1. The first-order valence-electron chi connectivity index (χ1n) is 8.75. The molecule has 1 aromatic carbocycles. The van der Waals surface area contributed by atoms with Gasteiger partial charge in [0.05, 0.1) is 6.54 Å². The first-order chi connectivity index (χ1) is 11.6. The van der Waals surface area contributed by atoms with Crippen molar-refractivity contribution in [2.45, 2.75) is 44.2 Å². The van der Waals surface area contributed by atoms with Crippen LogP contribution in [-0.2, 0) is 16.0 Å². The molecule has 4 rings (SSSR count). The fourth-order valence-corrected chi connectivity index (χ4v) is 4.37. The normalized spacial score (nSPS) is 24.2. The molecule has 128 valence electrons. The van der Waals surface area contributed by atoms with E-state index in [1.165, 1.54) is 12.8 Å². The molecule has 1 N–H and O–H groups in total. The van der Waals surface area contributed by atoms with Gasteiger partial charge < -0.3 is 15.1 Å². The molecular formula is C18H22ClN3O2. The highest BCUT2D eigenvalue weighted by molar-refractivity contribution is 6.30. The minimum atomic E-state index is -0.288. The Balaban J connectivity index is 1.39. The number of amides is 2. The Morgan fingerprint density at radius 3 is 2.75 bits per heavy atom. The van der Waals surface area contributed by atoms with Crippen LogP contribution in [0.4, 0.5) is 5.69 Å². The average Bonchev–Trinajstić information content (AvgIpc) is 3.22. The van der Waals surface area contributed by atoms with Crippen LogP contribution in [0.25, 0.3) is 0 Å². The van der Waals surface area contributed by atoms with Crippen molar-refractivity contribution in [3.63, 3.8) is 0 Å². The quantitative estimate of drug-likeness (QED) is 0.893. The van der Waals surface area contributed by atoms with Gasteiger partial charge >= 0.3 is 0 Å². The lowest BCUT2D eigenvalue weighted by molar-refractivity contribution is -0.147. The third-order valence-corrected chi connectivity index (χ3v) is 5.69. The number of nitrogens with one attached hydrogen (secondary N) is 1. The molecule has 2 aliphatic heterocycles. The standard InChI is InChI=1S/C18H22ClN3O2/c19-13-5-6-15-12(9-13)10-16(20-15)18(24)21-7-8-22(17(23)11-21)14-3-1-2-4-14/h5-6,9,14,16,20H,1-4,7-8,10-11H2/t16-/m0/s1. The van der Waals surface area contributed by atoms with Crippen LogP contribution in [0.5, 0.6) is 0 Å². The molecule has 0 spiro atoms. The first kappa shape index (κ1) is 15.8. The molecule has 1 saturated carbocycles. The molecule has 1 atom stereocenters. The maximum Gasteiger partial charge on any atom is 0.245 e. The summed E-state index contributed by atoms with van der Waals surface area (Å²) in [6.45, 7) is 1.52. The van der Waals surface area contributed by atoms with Gasteiger partial charge in [-0.25, -0.2) is 0 Å². The van der Waals surface area contributed by atoms with Gasteiger partial charge in [0.1, 0.15) is 6.04 Å². The van der Waals surface area contributed by atoms with E-state index in [0.29, 0.717) is 30.6 Å². The van der Waals surface area contributed by atoms with E-state index in [4.69, 9.17) is 11.6 Å². The van der Waals surface area contributed by atoms with Crippen LogP contribution < -0.4 is 5.32 Å². The van der Waals surface area contributed by atoms with Gasteiger partial charge in [0.15, 0.2) is 0 Å². The lowest BCUT2D eigenvalue weighted by Crippen LogP contribution is -2.57. The second-order valence-corrected chi connectivity index (χ2v) is 7.42. The molecule has 3 aliphatic rings. The second-order valence-electron chi connectivity index (χ2n) is 6.99. The largest absolute Gasteiger partial charge is 0.373 e. The van der Waals surface area contributed by atoms with Gasteiger partial charge in [-0.05, 0) is 36.6 Å². The number of fused-ring (bicyclic) bond motifs is 1. The number of hydrogen-bond acceptors (Lipinski definition) is 3. The second kappa shape index (κ2) is 6.28.